The molecule has 1 aromatic heterocycles. The van der Waals surface area contributed by atoms with Gasteiger partial charge in [-0.05, 0) is 13.0 Å². The molecule has 3 atom stereocenters. The number of fused-ring (bicyclic) bond motifs is 1. The van der Waals surface area contributed by atoms with E-state index in [4.69, 9.17) is 4.74 Å². The lowest BCUT2D eigenvalue weighted by molar-refractivity contribution is 0.00233. The fraction of sp³-hybridized carbons (Fsp3) is 0.786. The van der Waals surface area contributed by atoms with Gasteiger partial charge in [0.2, 0.25) is 0 Å². The highest BCUT2D eigenvalue weighted by molar-refractivity contribution is 7.89. The summed E-state index contributed by atoms with van der Waals surface area (Å²) in [4.78, 5) is 6.34. The molecule has 7 nitrogen and oxygen atoms in total. The third kappa shape index (κ3) is 2.58. The lowest BCUT2D eigenvalue weighted by Crippen LogP contribution is -2.53. The van der Waals surface area contributed by atoms with Crippen LogP contribution in [0.5, 0.6) is 0 Å². The standard InChI is InChI=1S/C14H24N4O3S/c1-4-17-7-11-12(8-17)18(6-5-13(11)21-3)22(19,20)14-9-16(2)10-15-14/h9-13H,4-8H2,1-3H3/t11-,12+,13+/m0/s1. The Morgan fingerprint density at radius 1 is 1.41 bits per heavy atom. The van der Waals surface area contributed by atoms with Gasteiger partial charge < -0.3 is 14.2 Å². The Labute approximate surface area is 131 Å². The number of hydrogen-bond acceptors (Lipinski definition) is 5. The maximum absolute atomic E-state index is 12.9. The molecular formula is C14H24N4O3S. The van der Waals surface area contributed by atoms with Crippen molar-refractivity contribution in [3.05, 3.63) is 12.5 Å². The molecule has 0 unspecified atom stereocenters. The van der Waals surface area contributed by atoms with Crippen molar-refractivity contribution in [1.29, 1.82) is 0 Å². The number of piperidine rings is 1. The van der Waals surface area contributed by atoms with Gasteiger partial charge in [0.25, 0.3) is 10.0 Å². The normalized spacial score (nSPS) is 30.6. The first kappa shape index (κ1) is 15.9. The second-order valence-electron chi connectivity index (χ2n) is 6.14. The number of likely N-dealkylation sites (tertiary alicyclic amines) is 1. The molecule has 3 heterocycles. The first-order valence-electron chi connectivity index (χ1n) is 7.72. The van der Waals surface area contributed by atoms with Crippen LogP contribution in [0.15, 0.2) is 17.6 Å². The molecule has 22 heavy (non-hydrogen) atoms. The SMILES string of the molecule is CCN1C[C@H]2[C@@H](C1)N(S(=O)(=O)c1cn(C)cn1)CC[C@H]2OC. The van der Waals surface area contributed by atoms with E-state index in [1.807, 2.05) is 0 Å². The molecule has 0 N–H and O–H groups in total. The van der Waals surface area contributed by atoms with Gasteiger partial charge in [-0.15, -0.1) is 0 Å². The molecule has 2 saturated heterocycles. The lowest BCUT2D eigenvalue weighted by Gasteiger charge is -2.39. The van der Waals surface area contributed by atoms with E-state index in [1.54, 1.807) is 29.2 Å². The zero-order valence-corrected chi connectivity index (χ0v) is 14.2. The fourth-order valence-corrected chi connectivity index (χ4v) is 5.34. The summed E-state index contributed by atoms with van der Waals surface area (Å²) in [6.45, 7) is 5.20. The van der Waals surface area contributed by atoms with E-state index in [-0.39, 0.29) is 23.1 Å². The highest BCUT2D eigenvalue weighted by Gasteiger charge is 2.48. The summed E-state index contributed by atoms with van der Waals surface area (Å²) in [6.07, 6.45) is 3.97. The molecule has 0 radical (unpaired) electrons. The molecule has 2 aliphatic heterocycles. The minimum absolute atomic E-state index is 0.0225. The molecule has 0 spiro atoms. The molecule has 0 aliphatic carbocycles. The van der Waals surface area contributed by atoms with E-state index in [2.05, 4.69) is 16.8 Å². The van der Waals surface area contributed by atoms with Crippen LogP contribution in [0, 0.1) is 5.92 Å². The average molecular weight is 328 g/mol. The molecule has 0 bridgehead atoms. The van der Waals surface area contributed by atoms with Crippen LogP contribution in [0.1, 0.15) is 13.3 Å². The summed E-state index contributed by atoms with van der Waals surface area (Å²) in [6, 6.07) is -0.0225. The van der Waals surface area contributed by atoms with Gasteiger partial charge in [-0.1, -0.05) is 6.92 Å². The van der Waals surface area contributed by atoms with Crippen LogP contribution in [0.2, 0.25) is 0 Å². The Balaban J connectivity index is 1.91. The van der Waals surface area contributed by atoms with Crippen molar-refractivity contribution in [1.82, 2.24) is 18.8 Å². The van der Waals surface area contributed by atoms with Crippen molar-refractivity contribution in [3.8, 4) is 0 Å². The van der Waals surface area contributed by atoms with Crippen molar-refractivity contribution >= 4 is 10.0 Å². The molecule has 0 amide bonds. The van der Waals surface area contributed by atoms with E-state index in [0.29, 0.717) is 6.54 Å². The van der Waals surface area contributed by atoms with Gasteiger partial charge >= 0.3 is 0 Å². The van der Waals surface area contributed by atoms with Crippen molar-refractivity contribution < 1.29 is 13.2 Å². The zero-order chi connectivity index (χ0) is 15.9. The number of methoxy groups -OCH3 is 1. The minimum Gasteiger partial charge on any atom is -0.381 e. The number of aryl methyl sites for hydroxylation is 1. The summed E-state index contributed by atoms with van der Waals surface area (Å²) < 4.78 is 34.8. The van der Waals surface area contributed by atoms with E-state index in [0.717, 1.165) is 26.1 Å². The van der Waals surface area contributed by atoms with Crippen molar-refractivity contribution in [2.24, 2.45) is 13.0 Å². The van der Waals surface area contributed by atoms with E-state index >= 15 is 0 Å². The Hall–Kier alpha value is -0.960. The van der Waals surface area contributed by atoms with Gasteiger partial charge in [0.15, 0.2) is 5.03 Å². The molecular weight excluding hydrogens is 304 g/mol. The van der Waals surface area contributed by atoms with Crippen LogP contribution in [-0.2, 0) is 21.8 Å². The fourth-order valence-electron chi connectivity index (χ4n) is 3.69. The predicted octanol–water partition coefficient (Wildman–Crippen LogP) is 0.150. The van der Waals surface area contributed by atoms with Gasteiger partial charge in [-0.3, -0.25) is 0 Å². The number of sulfonamides is 1. The number of imidazole rings is 1. The lowest BCUT2D eigenvalue weighted by atomic mass is 9.91. The summed E-state index contributed by atoms with van der Waals surface area (Å²) >= 11 is 0. The Morgan fingerprint density at radius 3 is 2.77 bits per heavy atom. The number of aromatic nitrogens is 2. The average Bonchev–Trinajstić information content (AvgIpc) is 3.12. The Bertz CT molecular complexity index is 630. The quantitative estimate of drug-likeness (QED) is 0.787. The van der Waals surface area contributed by atoms with Crippen molar-refractivity contribution in [2.45, 2.75) is 30.5 Å². The largest absolute Gasteiger partial charge is 0.381 e. The second kappa shape index (κ2) is 5.92. The number of nitrogens with zero attached hydrogens (tertiary/aromatic N) is 4. The number of hydrogen-bond donors (Lipinski definition) is 0. The highest BCUT2D eigenvalue weighted by atomic mass is 32.2. The van der Waals surface area contributed by atoms with Gasteiger partial charge in [0.1, 0.15) is 0 Å². The van der Waals surface area contributed by atoms with E-state index in [1.165, 1.54) is 6.33 Å². The van der Waals surface area contributed by atoms with Gasteiger partial charge in [0.05, 0.1) is 12.4 Å². The summed E-state index contributed by atoms with van der Waals surface area (Å²) in [5.41, 5.74) is 0. The topological polar surface area (TPSA) is 67.7 Å². The first-order valence-corrected chi connectivity index (χ1v) is 9.16. The maximum Gasteiger partial charge on any atom is 0.262 e. The highest BCUT2D eigenvalue weighted by Crippen LogP contribution is 2.35. The molecule has 0 saturated carbocycles. The second-order valence-corrected chi connectivity index (χ2v) is 7.98. The van der Waals surface area contributed by atoms with Crippen LogP contribution in [0.25, 0.3) is 0 Å². The van der Waals surface area contributed by atoms with Crippen LogP contribution < -0.4 is 0 Å². The summed E-state index contributed by atoms with van der Waals surface area (Å²) in [5.74, 6) is 0.234. The van der Waals surface area contributed by atoms with Gasteiger partial charge in [-0.2, -0.15) is 4.31 Å². The van der Waals surface area contributed by atoms with Gasteiger partial charge in [0, 0.05) is 51.9 Å². The van der Waals surface area contributed by atoms with E-state index < -0.39 is 10.0 Å². The molecule has 2 fully saturated rings. The van der Waals surface area contributed by atoms with Crippen LogP contribution in [0.3, 0.4) is 0 Å². The Morgan fingerprint density at radius 2 is 2.18 bits per heavy atom. The number of ether oxygens (including phenoxy) is 1. The van der Waals surface area contributed by atoms with Crippen molar-refractivity contribution in [2.75, 3.05) is 33.3 Å². The first-order chi connectivity index (χ1) is 10.5. The monoisotopic (exact) mass is 328 g/mol. The van der Waals surface area contributed by atoms with Gasteiger partial charge in [-0.25, -0.2) is 13.4 Å². The zero-order valence-electron chi connectivity index (χ0n) is 13.3. The summed E-state index contributed by atoms with van der Waals surface area (Å²) in [5, 5.41) is 0.138. The number of likely N-dealkylation sites (N-methyl/N-ethyl adjacent to an activating group) is 1. The third-order valence-electron chi connectivity index (χ3n) is 4.89. The molecule has 0 aromatic carbocycles. The van der Waals surface area contributed by atoms with Crippen molar-refractivity contribution in [3.63, 3.8) is 0 Å². The van der Waals surface area contributed by atoms with Crippen LogP contribution in [-0.4, -0.2) is 72.6 Å². The Kier molecular flexibility index (Phi) is 4.28. The van der Waals surface area contributed by atoms with Crippen LogP contribution in [0.4, 0.5) is 0 Å². The van der Waals surface area contributed by atoms with Crippen LogP contribution >= 0.6 is 0 Å². The third-order valence-corrected chi connectivity index (χ3v) is 6.70. The summed E-state index contributed by atoms with van der Waals surface area (Å²) in [7, 11) is -0.0399. The maximum atomic E-state index is 12.9. The number of rotatable bonds is 4. The molecule has 8 heteroatoms. The molecule has 3 rings (SSSR count). The molecule has 2 aliphatic rings. The predicted molar refractivity (Wildman–Crippen MR) is 81.9 cm³/mol. The molecule has 124 valence electrons. The smallest absolute Gasteiger partial charge is 0.262 e. The minimum atomic E-state index is -3.54. The molecule has 1 aromatic rings. The van der Waals surface area contributed by atoms with E-state index in [9.17, 15) is 8.42 Å².